The summed E-state index contributed by atoms with van der Waals surface area (Å²) in [5.41, 5.74) is 0.729. The number of ether oxygens (including phenoxy) is 2. The Morgan fingerprint density at radius 2 is 1.63 bits per heavy atom. The quantitative estimate of drug-likeness (QED) is 0.703. The molecule has 0 aromatic heterocycles. The monoisotopic (exact) mass is 368 g/mol. The first-order valence-corrected chi connectivity index (χ1v) is 8.94. The number of hydrogen-bond acceptors (Lipinski definition) is 4. The van der Waals surface area contributed by atoms with Crippen molar-refractivity contribution in [2.45, 2.75) is 19.3 Å². The Hall–Kier alpha value is -3.02. The van der Waals surface area contributed by atoms with Crippen LogP contribution in [0.1, 0.15) is 18.4 Å². The second kappa shape index (κ2) is 8.12. The average molecular weight is 368 g/mol. The first-order chi connectivity index (χ1) is 13.1. The fourth-order valence-electron chi connectivity index (χ4n) is 2.95. The van der Waals surface area contributed by atoms with E-state index < -0.39 is 5.41 Å². The maximum absolute atomic E-state index is 12.6. The predicted molar refractivity (Wildman–Crippen MR) is 103 cm³/mol. The van der Waals surface area contributed by atoms with Crippen molar-refractivity contribution >= 4 is 17.5 Å². The largest absolute Gasteiger partial charge is 0.497 e. The Kier molecular flexibility index (Phi) is 5.64. The fraction of sp³-hybridized carbons (Fsp3) is 0.333. The Balaban J connectivity index is 1.54. The third kappa shape index (κ3) is 4.39. The minimum atomic E-state index is -0.961. The number of hydrogen-bond donors (Lipinski definition) is 2. The summed E-state index contributed by atoms with van der Waals surface area (Å²) in [5, 5.41) is 5.72. The fourth-order valence-corrected chi connectivity index (χ4v) is 2.95. The first-order valence-electron chi connectivity index (χ1n) is 8.94. The molecule has 0 spiro atoms. The molecule has 0 aliphatic heterocycles. The summed E-state index contributed by atoms with van der Waals surface area (Å²) in [5.74, 6) is 0.955. The summed E-state index contributed by atoms with van der Waals surface area (Å²) in [6.45, 7) is 0.472. The van der Waals surface area contributed by atoms with Gasteiger partial charge in [-0.15, -0.1) is 0 Å². The minimum absolute atomic E-state index is 0.217. The number of methoxy groups -OCH3 is 2. The van der Waals surface area contributed by atoms with Gasteiger partial charge < -0.3 is 20.1 Å². The molecule has 1 aliphatic rings. The molecule has 6 heteroatoms. The summed E-state index contributed by atoms with van der Waals surface area (Å²) in [4.78, 5) is 25.2. The van der Waals surface area contributed by atoms with E-state index in [0.29, 0.717) is 37.2 Å². The van der Waals surface area contributed by atoms with Gasteiger partial charge >= 0.3 is 0 Å². The van der Waals surface area contributed by atoms with Gasteiger partial charge in [0.25, 0.3) is 0 Å². The lowest BCUT2D eigenvalue weighted by Gasteiger charge is -2.16. The van der Waals surface area contributed by atoms with E-state index in [0.717, 1.165) is 11.3 Å². The molecule has 3 rings (SSSR count). The number of nitrogens with one attached hydrogen (secondary N) is 2. The number of benzene rings is 2. The number of anilines is 1. The van der Waals surface area contributed by atoms with Crippen molar-refractivity contribution in [1.82, 2.24) is 5.32 Å². The minimum Gasteiger partial charge on any atom is -0.497 e. The van der Waals surface area contributed by atoms with Gasteiger partial charge in [0.2, 0.25) is 11.8 Å². The van der Waals surface area contributed by atoms with E-state index in [2.05, 4.69) is 10.6 Å². The van der Waals surface area contributed by atoms with Crippen molar-refractivity contribution in [3.8, 4) is 11.5 Å². The zero-order valence-corrected chi connectivity index (χ0v) is 15.6. The summed E-state index contributed by atoms with van der Waals surface area (Å²) < 4.78 is 10.4. The molecule has 2 N–H and O–H groups in total. The lowest BCUT2D eigenvalue weighted by atomic mass is 10.0. The number of carbonyl (C=O) groups excluding carboxylic acids is 2. The molecule has 0 saturated heterocycles. The standard InChI is InChI=1S/C21H24N2O4/c1-26-17-7-3-5-15(13-17)9-12-22-19(24)21(10-11-21)20(25)23-16-6-4-8-18(14-16)27-2/h3-8,13-14H,9-12H2,1-2H3,(H,22,24)(H,23,25). The molecule has 1 saturated carbocycles. The highest BCUT2D eigenvalue weighted by molar-refractivity contribution is 6.13. The van der Waals surface area contributed by atoms with E-state index in [1.54, 1.807) is 38.5 Å². The SMILES string of the molecule is COc1cccc(CCNC(=O)C2(C(=O)Nc3cccc(OC)c3)CC2)c1. The highest BCUT2D eigenvalue weighted by Crippen LogP contribution is 2.46. The predicted octanol–water partition coefficient (Wildman–Crippen LogP) is 2.78. The normalized spacial score (nSPS) is 14.1. The molecule has 2 amide bonds. The van der Waals surface area contributed by atoms with Gasteiger partial charge in [0, 0.05) is 18.3 Å². The second-order valence-corrected chi connectivity index (χ2v) is 6.63. The Bertz CT molecular complexity index is 830. The molecule has 0 radical (unpaired) electrons. The topological polar surface area (TPSA) is 76.7 Å². The zero-order valence-electron chi connectivity index (χ0n) is 15.6. The third-order valence-electron chi connectivity index (χ3n) is 4.78. The Labute approximate surface area is 158 Å². The molecule has 2 aromatic rings. The summed E-state index contributed by atoms with van der Waals surface area (Å²) in [7, 11) is 3.19. The maximum atomic E-state index is 12.6. The molecule has 27 heavy (non-hydrogen) atoms. The highest BCUT2D eigenvalue weighted by Gasteiger charge is 2.56. The van der Waals surface area contributed by atoms with Gasteiger partial charge in [-0.3, -0.25) is 9.59 Å². The molecule has 1 aliphatic carbocycles. The molecule has 6 nitrogen and oxygen atoms in total. The average Bonchev–Trinajstić information content (AvgIpc) is 3.50. The van der Waals surface area contributed by atoms with Crippen LogP contribution in [0, 0.1) is 5.41 Å². The number of amides is 2. The maximum Gasteiger partial charge on any atom is 0.240 e. The van der Waals surface area contributed by atoms with Crippen molar-refractivity contribution in [3.05, 3.63) is 54.1 Å². The van der Waals surface area contributed by atoms with Crippen LogP contribution in [0.5, 0.6) is 11.5 Å². The van der Waals surface area contributed by atoms with Crippen LogP contribution < -0.4 is 20.1 Å². The summed E-state index contributed by atoms with van der Waals surface area (Å²) in [6, 6.07) is 14.8. The molecule has 0 atom stereocenters. The molecule has 0 bridgehead atoms. The van der Waals surface area contributed by atoms with Crippen molar-refractivity contribution in [2.24, 2.45) is 5.41 Å². The lowest BCUT2D eigenvalue weighted by Crippen LogP contribution is -2.40. The number of carbonyl (C=O) groups is 2. The molecule has 0 unspecified atom stereocenters. The van der Waals surface area contributed by atoms with Crippen LogP contribution >= 0.6 is 0 Å². The van der Waals surface area contributed by atoms with Crippen molar-refractivity contribution in [3.63, 3.8) is 0 Å². The van der Waals surface area contributed by atoms with E-state index in [-0.39, 0.29) is 11.8 Å². The van der Waals surface area contributed by atoms with E-state index in [1.165, 1.54) is 0 Å². The van der Waals surface area contributed by atoms with Gasteiger partial charge in [-0.2, -0.15) is 0 Å². The van der Waals surface area contributed by atoms with Gasteiger partial charge in [-0.1, -0.05) is 18.2 Å². The van der Waals surface area contributed by atoms with Gasteiger partial charge in [0.05, 0.1) is 14.2 Å². The molecule has 0 heterocycles. The van der Waals surface area contributed by atoms with Crippen LogP contribution in [0.3, 0.4) is 0 Å². The highest BCUT2D eigenvalue weighted by atomic mass is 16.5. The van der Waals surface area contributed by atoms with Gasteiger partial charge in [-0.05, 0) is 49.1 Å². The van der Waals surface area contributed by atoms with E-state index in [4.69, 9.17) is 9.47 Å². The molecular weight excluding hydrogens is 344 g/mol. The Morgan fingerprint density at radius 1 is 0.963 bits per heavy atom. The molecule has 2 aromatic carbocycles. The van der Waals surface area contributed by atoms with E-state index in [1.807, 2.05) is 24.3 Å². The van der Waals surface area contributed by atoms with Crippen LogP contribution in [0.15, 0.2) is 48.5 Å². The molecular formula is C21H24N2O4. The summed E-state index contributed by atoms with van der Waals surface area (Å²) >= 11 is 0. The van der Waals surface area contributed by atoms with Gasteiger partial charge in [0.15, 0.2) is 0 Å². The smallest absolute Gasteiger partial charge is 0.240 e. The molecule has 1 fully saturated rings. The van der Waals surface area contributed by atoms with Crippen molar-refractivity contribution < 1.29 is 19.1 Å². The lowest BCUT2D eigenvalue weighted by molar-refractivity contribution is -0.134. The third-order valence-corrected chi connectivity index (χ3v) is 4.78. The number of rotatable bonds is 8. The van der Waals surface area contributed by atoms with Crippen molar-refractivity contribution in [1.29, 1.82) is 0 Å². The summed E-state index contributed by atoms with van der Waals surface area (Å²) in [6.07, 6.45) is 1.80. The van der Waals surface area contributed by atoms with Gasteiger partial charge in [0.1, 0.15) is 16.9 Å². The van der Waals surface area contributed by atoms with Crippen LogP contribution in [0.2, 0.25) is 0 Å². The Morgan fingerprint density at radius 3 is 2.30 bits per heavy atom. The second-order valence-electron chi connectivity index (χ2n) is 6.63. The van der Waals surface area contributed by atoms with E-state index >= 15 is 0 Å². The first kappa shape index (κ1) is 18.8. The van der Waals surface area contributed by atoms with Crippen molar-refractivity contribution in [2.75, 3.05) is 26.1 Å². The molecule has 142 valence electrons. The van der Waals surface area contributed by atoms with Crippen LogP contribution in [0.4, 0.5) is 5.69 Å². The zero-order chi connectivity index (χ0) is 19.3. The van der Waals surface area contributed by atoms with E-state index in [9.17, 15) is 9.59 Å². The van der Waals surface area contributed by atoms with Gasteiger partial charge in [-0.25, -0.2) is 0 Å². The van der Waals surface area contributed by atoms with Crippen LogP contribution in [-0.2, 0) is 16.0 Å². The van der Waals surface area contributed by atoms with Crippen LogP contribution in [0.25, 0.3) is 0 Å². The van der Waals surface area contributed by atoms with Crippen LogP contribution in [-0.4, -0.2) is 32.6 Å².